The van der Waals surface area contributed by atoms with E-state index in [9.17, 15) is 9.59 Å². The number of hydrogen-bond acceptors (Lipinski definition) is 2. The molecule has 1 aromatic carbocycles. The van der Waals surface area contributed by atoms with Crippen molar-refractivity contribution in [2.75, 3.05) is 0 Å². The van der Waals surface area contributed by atoms with Crippen molar-refractivity contribution in [1.82, 2.24) is 0 Å². The summed E-state index contributed by atoms with van der Waals surface area (Å²) in [5.74, 6) is -0.0233. The molecular weight excluding hydrogens is 633 g/mol. The van der Waals surface area contributed by atoms with Crippen molar-refractivity contribution in [2.24, 2.45) is 0 Å². The van der Waals surface area contributed by atoms with Crippen LogP contribution in [0.1, 0.15) is 194 Å². The third-order valence-electron chi connectivity index (χ3n) is 9.60. The minimum Gasteiger partial charge on any atom is -0.289 e. The molecule has 0 N–H and O–H groups in total. The minimum absolute atomic E-state index is 0.00423. The van der Waals surface area contributed by atoms with Gasteiger partial charge in [0.1, 0.15) is 0 Å². The summed E-state index contributed by atoms with van der Waals surface area (Å²) in [5, 5.41) is 0. The van der Waals surface area contributed by atoms with E-state index in [0.29, 0.717) is 28.7 Å². The van der Waals surface area contributed by atoms with Crippen LogP contribution in [0.4, 0.5) is 0 Å². The summed E-state index contributed by atoms with van der Waals surface area (Å²) in [6.45, 7) is 27.9. The number of rotatable bonds is 18. The molecule has 0 radical (unpaired) electrons. The smallest absolute Gasteiger partial charge is 0.190 e. The monoisotopic (exact) mass is 709 g/mol. The van der Waals surface area contributed by atoms with Crippen molar-refractivity contribution in [3.8, 4) is 0 Å². The molecule has 0 aromatic heterocycles. The molecule has 0 fully saturated rings. The molecule has 2 rings (SSSR count). The zero-order valence-electron chi connectivity index (χ0n) is 35.9. The highest BCUT2D eigenvalue weighted by Gasteiger charge is 2.28. The van der Waals surface area contributed by atoms with Crippen LogP contribution in [0.3, 0.4) is 0 Å². The molecule has 52 heavy (non-hydrogen) atoms. The lowest BCUT2D eigenvalue weighted by Crippen LogP contribution is -2.20. The molecule has 1 aliphatic rings. The van der Waals surface area contributed by atoms with Crippen molar-refractivity contribution in [1.29, 1.82) is 0 Å². The molecular formula is C50H76O2. The maximum atomic E-state index is 12.7. The van der Waals surface area contributed by atoms with Crippen molar-refractivity contribution >= 4 is 11.6 Å². The Hall–Kier alpha value is -3.52. The molecule has 0 heterocycles. The molecule has 0 spiro atoms. The Morgan fingerprint density at radius 2 is 0.865 bits per heavy atom. The Morgan fingerprint density at radius 3 is 1.27 bits per heavy atom. The molecule has 0 atom stereocenters. The van der Waals surface area contributed by atoms with Crippen LogP contribution in [0.25, 0.3) is 0 Å². The normalized spacial score (nSPS) is 14.4. The van der Waals surface area contributed by atoms with Crippen LogP contribution < -0.4 is 0 Å². The van der Waals surface area contributed by atoms with Gasteiger partial charge in [-0.3, -0.25) is 9.59 Å². The van der Waals surface area contributed by atoms with Crippen molar-refractivity contribution < 1.29 is 9.59 Å². The molecule has 0 amide bonds. The van der Waals surface area contributed by atoms with Gasteiger partial charge in [-0.15, -0.1) is 0 Å². The third-order valence-corrected chi connectivity index (χ3v) is 9.60. The van der Waals surface area contributed by atoms with Crippen LogP contribution >= 0.6 is 0 Å². The quantitative estimate of drug-likeness (QED) is 0.142. The molecule has 0 saturated heterocycles. The van der Waals surface area contributed by atoms with Gasteiger partial charge in [-0.25, -0.2) is 0 Å². The topological polar surface area (TPSA) is 34.1 Å². The summed E-state index contributed by atoms with van der Waals surface area (Å²) in [6, 6.07) is 7.11. The van der Waals surface area contributed by atoms with Crippen LogP contribution in [-0.4, -0.2) is 11.6 Å². The van der Waals surface area contributed by atoms with E-state index >= 15 is 0 Å². The molecule has 0 unspecified atom stereocenters. The highest BCUT2D eigenvalue weighted by atomic mass is 16.1. The second kappa shape index (κ2) is 29.0. The predicted octanol–water partition coefficient (Wildman–Crippen LogP) is 16.1. The second-order valence-corrected chi connectivity index (χ2v) is 14.9. The van der Waals surface area contributed by atoms with Crippen molar-refractivity contribution in [2.45, 2.75) is 173 Å². The number of carbonyl (C=O) groups excluding carboxylic acids is 2. The molecule has 0 aliphatic heterocycles. The Morgan fingerprint density at radius 1 is 0.500 bits per heavy atom. The van der Waals surface area contributed by atoms with E-state index in [-0.39, 0.29) is 11.6 Å². The lowest BCUT2D eigenvalue weighted by atomic mass is 9.83. The minimum atomic E-state index is -0.0191. The first kappa shape index (κ1) is 48.5. The number of carbonyl (C=O) groups is 2. The van der Waals surface area contributed by atoms with E-state index in [2.05, 4.69) is 126 Å². The summed E-state index contributed by atoms with van der Waals surface area (Å²) in [6.07, 6.45) is 30.5. The first-order valence-electron chi connectivity index (χ1n) is 20.1. The fraction of sp³-hybridized carbons (Fsp3) is 0.520. The average Bonchev–Trinajstić information content (AvgIpc) is 3.11. The van der Waals surface area contributed by atoms with Gasteiger partial charge in [0.15, 0.2) is 11.6 Å². The molecule has 0 bridgehead atoms. The fourth-order valence-corrected chi connectivity index (χ4v) is 5.79. The Balaban J connectivity index is 0.000000834. The summed E-state index contributed by atoms with van der Waals surface area (Å²) in [7, 11) is 0. The lowest BCUT2D eigenvalue weighted by molar-refractivity contribution is 0.0973. The summed E-state index contributed by atoms with van der Waals surface area (Å²) >= 11 is 0. The first-order valence-corrected chi connectivity index (χ1v) is 20.1. The average molecular weight is 709 g/mol. The lowest BCUT2D eigenvalue weighted by Gasteiger charge is -2.18. The van der Waals surface area contributed by atoms with Crippen molar-refractivity contribution in [3.05, 3.63) is 128 Å². The standard InChI is InChI=1S/C23H28O2.C17H30.C10H18/c1-5-9-16(2)10-8-11-17(3)14-15-19-18(4)22(24)20-12-6-7-13-21(20)23(19)25;1-6-10-16(4)12-9-14-17(5)13-8-11-15(3)7-2;1-5-10(4)8-6-7-9(2)3/h6-7,10,12-14H,5,8-9,11,15H2,1-4H3;7,12-13H,6,8-11,14H2,1-5H3;5,7H,6,8H2,1-4H3/b16-10+,17-14+;15-7+,16-12+,17-13+;10-5+. The third kappa shape index (κ3) is 21.8. The van der Waals surface area contributed by atoms with Crippen LogP contribution in [-0.2, 0) is 0 Å². The van der Waals surface area contributed by atoms with Crippen molar-refractivity contribution in [3.63, 3.8) is 0 Å². The summed E-state index contributed by atoms with van der Waals surface area (Å²) in [5.41, 5.74) is 12.5. The number of hydrogen-bond donors (Lipinski definition) is 0. The van der Waals surface area contributed by atoms with E-state index in [1.807, 2.05) is 6.07 Å². The van der Waals surface area contributed by atoms with Gasteiger partial charge in [0.2, 0.25) is 0 Å². The Bertz CT molecular complexity index is 1490. The van der Waals surface area contributed by atoms with Gasteiger partial charge in [0.25, 0.3) is 0 Å². The highest BCUT2D eigenvalue weighted by Crippen LogP contribution is 2.28. The van der Waals surface area contributed by atoms with E-state index in [1.54, 1.807) is 30.7 Å². The SMILES string of the molecule is C/C=C(\C)CC/C=C(\C)CC/C=C(\C)CCC.C/C=C(\C)CCC=C(C)C.CCC/C(C)=C/CC/C(C)=C/CC1=C(C)C(=O)c2ccccc2C1=O. The van der Waals surface area contributed by atoms with Gasteiger partial charge in [-0.1, -0.05) is 132 Å². The van der Waals surface area contributed by atoms with Gasteiger partial charge >= 0.3 is 0 Å². The van der Waals surface area contributed by atoms with Crippen LogP contribution in [0, 0.1) is 0 Å². The maximum Gasteiger partial charge on any atom is 0.190 e. The van der Waals surface area contributed by atoms with Gasteiger partial charge in [0, 0.05) is 22.3 Å². The molecule has 288 valence electrons. The first-order chi connectivity index (χ1) is 24.7. The zero-order chi connectivity index (χ0) is 39.5. The number of ketones is 2. The zero-order valence-corrected chi connectivity index (χ0v) is 35.9. The molecule has 0 saturated carbocycles. The maximum absolute atomic E-state index is 12.7. The largest absolute Gasteiger partial charge is 0.289 e. The van der Waals surface area contributed by atoms with Crippen LogP contribution in [0.2, 0.25) is 0 Å². The second-order valence-electron chi connectivity index (χ2n) is 14.9. The van der Waals surface area contributed by atoms with Gasteiger partial charge in [-0.2, -0.15) is 0 Å². The predicted molar refractivity (Wildman–Crippen MR) is 232 cm³/mol. The van der Waals surface area contributed by atoms with Crippen LogP contribution in [0.15, 0.2) is 117 Å². The van der Waals surface area contributed by atoms with E-state index in [1.165, 1.54) is 91.2 Å². The molecule has 1 aliphatic carbocycles. The Labute approximate surface area is 321 Å². The molecule has 1 aromatic rings. The molecule has 2 heteroatoms. The summed E-state index contributed by atoms with van der Waals surface area (Å²) < 4.78 is 0. The van der Waals surface area contributed by atoms with Gasteiger partial charge < -0.3 is 0 Å². The number of allylic oxidation sites excluding steroid dienone is 16. The molecule has 2 nitrogen and oxygen atoms in total. The number of benzene rings is 1. The van der Waals surface area contributed by atoms with Gasteiger partial charge in [-0.05, 0) is 147 Å². The van der Waals surface area contributed by atoms with E-state index in [0.717, 1.165) is 19.3 Å². The fourth-order valence-electron chi connectivity index (χ4n) is 5.79. The Kier molecular flexibility index (Phi) is 27.0. The summed E-state index contributed by atoms with van der Waals surface area (Å²) in [4.78, 5) is 25.2. The van der Waals surface area contributed by atoms with Crippen LogP contribution in [0.5, 0.6) is 0 Å². The van der Waals surface area contributed by atoms with Gasteiger partial charge in [0.05, 0.1) is 0 Å². The number of Topliss-reactive ketones (excluding diaryl/α,β-unsaturated/α-hetero) is 2. The highest BCUT2D eigenvalue weighted by molar-refractivity contribution is 6.26. The van der Waals surface area contributed by atoms with E-state index < -0.39 is 0 Å². The number of fused-ring (bicyclic) bond motifs is 1. The van der Waals surface area contributed by atoms with E-state index in [4.69, 9.17) is 0 Å².